The molecular formula is C14H12BClN2O3. The number of nitriles is 1. The molecule has 2 rings (SSSR count). The van der Waals surface area contributed by atoms with Crippen LogP contribution in [0.4, 0.5) is 0 Å². The third-order valence-corrected chi connectivity index (χ3v) is 3.13. The molecule has 1 aromatic carbocycles. The maximum absolute atomic E-state index is 9.66. The van der Waals surface area contributed by atoms with Gasteiger partial charge in [-0.1, -0.05) is 18.7 Å². The van der Waals surface area contributed by atoms with Gasteiger partial charge in [0.05, 0.1) is 11.7 Å². The minimum atomic E-state index is -0.915. The number of nitrogens with zero attached hydrogens (tertiary/aromatic N) is 2. The first kappa shape index (κ1) is 15.3. The molecule has 0 fully saturated rings. The lowest BCUT2D eigenvalue weighted by Gasteiger charge is -2.07. The van der Waals surface area contributed by atoms with Crippen molar-refractivity contribution in [1.29, 1.82) is 5.26 Å². The quantitative estimate of drug-likeness (QED) is 0.305. The van der Waals surface area contributed by atoms with Crippen molar-refractivity contribution < 1.29 is 14.4 Å². The molecule has 0 saturated carbocycles. The van der Waals surface area contributed by atoms with E-state index in [0.717, 1.165) is 5.56 Å². The van der Waals surface area contributed by atoms with Crippen LogP contribution in [-0.2, 0) is 4.65 Å². The minimum absolute atomic E-state index is 0.128. The average Bonchev–Trinajstić information content (AvgIpc) is 2.75. The van der Waals surface area contributed by atoms with Gasteiger partial charge in [-0.2, -0.15) is 5.26 Å². The molecule has 1 aromatic rings. The van der Waals surface area contributed by atoms with E-state index in [9.17, 15) is 5.02 Å². The van der Waals surface area contributed by atoms with Gasteiger partial charge in [-0.3, -0.25) is 0 Å². The molecule has 0 spiro atoms. The van der Waals surface area contributed by atoms with E-state index in [1.165, 1.54) is 12.3 Å². The van der Waals surface area contributed by atoms with Crippen LogP contribution in [-0.4, -0.2) is 17.5 Å². The summed E-state index contributed by atoms with van der Waals surface area (Å²) in [7, 11) is -0.915. The zero-order chi connectivity index (χ0) is 15.4. The summed E-state index contributed by atoms with van der Waals surface area (Å²) in [4.78, 5) is 3.81. The molecule has 0 amide bonds. The van der Waals surface area contributed by atoms with E-state index in [0.29, 0.717) is 11.2 Å². The van der Waals surface area contributed by atoms with Gasteiger partial charge in [0.1, 0.15) is 11.8 Å². The second-order valence-electron chi connectivity index (χ2n) is 4.31. The van der Waals surface area contributed by atoms with E-state index < -0.39 is 7.12 Å². The number of benzene rings is 1. The van der Waals surface area contributed by atoms with E-state index in [1.807, 2.05) is 13.0 Å². The van der Waals surface area contributed by atoms with Gasteiger partial charge in [-0.25, -0.2) is 4.99 Å². The number of aliphatic imine (C=N–C) groups is 1. The largest absolute Gasteiger partial charge is 0.491 e. The molecule has 1 unspecified atom stereocenters. The Kier molecular flexibility index (Phi) is 4.81. The van der Waals surface area contributed by atoms with Crippen molar-refractivity contribution in [3.63, 3.8) is 0 Å². The smallest absolute Gasteiger partial charge is 0.430 e. The first-order chi connectivity index (χ1) is 10.0. The molecular weight excluding hydrogens is 290 g/mol. The number of ether oxygens (including phenoxy) is 1. The number of halogens is 1. The minimum Gasteiger partial charge on any atom is -0.430 e. The molecule has 1 aliphatic rings. The Morgan fingerprint density at radius 2 is 2.43 bits per heavy atom. The average molecular weight is 303 g/mol. The van der Waals surface area contributed by atoms with Crippen molar-refractivity contribution in [2.24, 2.45) is 4.99 Å². The molecule has 0 bridgehead atoms. The molecule has 1 aliphatic heterocycles. The second-order valence-corrected chi connectivity index (χ2v) is 4.63. The molecule has 0 saturated heterocycles. The third kappa shape index (κ3) is 3.53. The van der Waals surface area contributed by atoms with Crippen molar-refractivity contribution in [1.82, 2.24) is 0 Å². The van der Waals surface area contributed by atoms with E-state index in [1.54, 1.807) is 18.2 Å². The summed E-state index contributed by atoms with van der Waals surface area (Å²) in [5, 5.41) is 18.2. The molecule has 0 radical (unpaired) electrons. The van der Waals surface area contributed by atoms with Crippen LogP contribution in [0.25, 0.3) is 0 Å². The summed E-state index contributed by atoms with van der Waals surface area (Å²) in [6.07, 6.45) is 2.40. The molecule has 5 nitrogen and oxygen atoms in total. The van der Waals surface area contributed by atoms with Crippen LogP contribution >= 0.6 is 11.6 Å². The summed E-state index contributed by atoms with van der Waals surface area (Å²) in [5.41, 5.74) is 1.82. The maximum atomic E-state index is 9.66. The molecule has 21 heavy (non-hydrogen) atoms. The zero-order valence-electron chi connectivity index (χ0n) is 11.3. The highest BCUT2D eigenvalue weighted by Gasteiger charge is 2.32. The number of hydrogen-bond donors (Lipinski definition) is 1. The van der Waals surface area contributed by atoms with Crippen LogP contribution in [0.2, 0.25) is 0 Å². The fourth-order valence-corrected chi connectivity index (χ4v) is 2.04. The molecule has 106 valence electrons. The molecule has 1 atom stereocenters. The predicted molar refractivity (Wildman–Crippen MR) is 81.4 cm³/mol. The van der Waals surface area contributed by atoms with Gasteiger partial charge in [0.25, 0.3) is 5.36 Å². The summed E-state index contributed by atoms with van der Waals surface area (Å²) >= 11 is 5.85. The van der Waals surface area contributed by atoms with Gasteiger partial charge in [-0.05, 0) is 41.7 Å². The summed E-state index contributed by atoms with van der Waals surface area (Å²) in [6.45, 7) is 5.30. The number of fused-ring (bicyclic) bond motifs is 1. The van der Waals surface area contributed by atoms with Gasteiger partial charge >= 0.3 is 7.12 Å². The highest BCUT2D eigenvalue weighted by Crippen LogP contribution is 2.26. The number of allylic oxidation sites excluding steroid dienone is 2. The fourth-order valence-electron chi connectivity index (χ4n) is 1.90. The molecule has 0 aromatic heterocycles. The van der Waals surface area contributed by atoms with Gasteiger partial charge in [0.2, 0.25) is 0 Å². The first-order valence-electron chi connectivity index (χ1n) is 6.16. The van der Waals surface area contributed by atoms with Gasteiger partial charge in [-0.15, -0.1) is 0 Å². The van der Waals surface area contributed by atoms with Gasteiger partial charge in [0.15, 0.2) is 0 Å². The van der Waals surface area contributed by atoms with Crippen molar-refractivity contribution in [2.45, 2.75) is 13.0 Å². The van der Waals surface area contributed by atoms with Crippen molar-refractivity contribution >= 4 is 29.5 Å². The Labute approximate surface area is 127 Å². The highest BCUT2D eigenvalue weighted by atomic mass is 35.5. The zero-order valence-corrected chi connectivity index (χ0v) is 12.0. The Morgan fingerprint density at radius 1 is 1.67 bits per heavy atom. The van der Waals surface area contributed by atoms with E-state index >= 15 is 0 Å². The molecule has 7 heteroatoms. The Bertz CT molecular complexity index is 667. The summed E-state index contributed by atoms with van der Waals surface area (Å²) < 4.78 is 10.6. The number of hydrogen-bond acceptors (Lipinski definition) is 5. The van der Waals surface area contributed by atoms with Crippen LogP contribution in [0.15, 0.2) is 47.6 Å². The Hall–Kier alpha value is -2.07. The summed E-state index contributed by atoms with van der Waals surface area (Å²) in [6, 6.07) is 6.99. The van der Waals surface area contributed by atoms with Crippen LogP contribution in [0.1, 0.15) is 18.6 Å². The van der Waals surface area contributed by atoms with Crippen LogP contribution in [0.3, 0.4) is 0 Å². The molecule has 1 N–H and O–H groups in total. The van der Waals surface area contributed by atoms with Crippen molar-refractivity contribution in [3.05, 3.63) is 48.2 Å². The Morgan fingerprint density at radius 3 is 3.10 bits per heavy atom. The van der Waals surface area contributed by atoms with Crippen molar-refractivity contribution in [3.8, 4) is 11.8 Å². The molecule has 0 aliphatic carbocycles. The maximum Gasteiger partial charge on any atom is 0.491 e. The first-order valence-corrected chi connectivity index (χ1v) is 6.54. The predicted octanol–water partition coefficient (Wildman–Crippen LogP) is 2.03. The highest BCUT2D eigenvalue weighted by molar-refractivity contribution is 6.63. The van der Waals surface area contributed by atoms with Crippen molar-refractivity contribution in [2.75, 3.05) is 0 Å². The van der Waals surface area contributed by atoms with Gasteiger partial charge < -0.3 is 14.4 Å². The van der Waals surface area contributed by atoms with E-state index in [4.69, 9.17) is 26.3 Å². The standard InChI is InChI=1S/C14H12BClN2O3/c1-3-10(7-17)8-18-14(16)20-11-4-5-13-12(6-11)9(2)21-15(13)19/h3-6,8-9,19H,1H2,2H3/b10-8+,18-14+. The van der Waals surface area contributed by atoms with Crippen LogP contribution < -0.4 is 10.2 Å². The monoisotopic (exact) mass is 302 g/mol. The van der Waals surface area contributed by atoms with Gasteiger partial charge in [0, 0.05) is 6.20 Å². The Balaban J connectivity index is 2.16. The van der Waals surface area contributed by atoms with E-state index in [-0.39, 0.29) is 17.0 Å². The third-order valence-electron chi connectivity index (χ3n) is 2.95. The topological polar surface area (TPSA) is 74.8 Å². The lowest BCUT2D eigenvalue weighted by atomic mass is 9.79. The van der Waals surface area contributed by atoms with Crippen LogP contribution in [0.5, 0.6) is 5.75 Å². The SMILES string of the molecule is C=C/C(C#N)=C\N=C(/Cl)Oc1ccc2c(c1)C(C)OB2O. The lowest BCUT2D eigenvalue weighted by molar-refractivity contribution is 0.209. The normalized spacial score (nSPS) is 18.2. The lowest BCUT2D eigenvalue weighted by Crippen LogP contribution is -2.27. The fraction of sp³-hybridized carbons (Fsp3) is 0.143. The molecule has 1 heterocycles. The van der Waals surface area contributed by atoms with E-state index in [2.05, 4.69) is 11.6 Å². The second kappa shape index (κ2) is 6.59. The summed E-state index contributed by atoms with van der Waals surface area (Å²) in [5.74, 6) is 0.470. The van der Waals surface area contributed by atoms with Crippen LogP contribution in [0, 0.1) is 11.3 Å². The number of rotatable bonds is 3.